The van der Waals surface area contributed by atoms with Crippen LogP contribution < -0.4 is 20.5 Å². The first-order valence-electron chi connectivity index (χ1n) is 6.78. The maximum Gasteiger partial charge on any atom is 0.127 e. The largest absolute Gasteiger partial charge is 0.496 e. The van der Waals surface area contributed by atoms with Gasteiger partial charge in [0.05, 0.1) is 14.2 Å². The topological polar surface area (TPSA) is 56.5 Å². The van der Waals surface area contributed by atoms with E-state index >= 15 is 0 Å². The molecule has 3 N–H and O–H groups in total. The molecule has 1 heterocycles. The summed E-state index contributed by atoms with van der Waals surface area (Å²) in [6.07, 6.45) is 1.11. The van der Waals surface area contributed by atoms with E-state index < -0.39 is 0 Å². The van der Waals surface area contributed by atoms with Gasteiger partial charge in [-0.1, -0.05) is 0 Å². The SMILES string of the molecule is COc1cc(C(N)C2CCNC2)c(OC)c(C)c1C. The van der Waals surface area contributed by atoms with Crippen LogP contribution in [-0.2, 0) is 0 Å². The molecule has 2 atom stereocenters. The zero-order valence-corrected chi connectivity index (χ0v) is 12.2. The Bertz CT molecular complexity index is 454. The lowest BCUT2D eigenvalue weighted by atomic mass is 9.90. The standard InChI is InChI=1S/C15H24N2O2/c1-9-10(2)15(19-4)12(7-13(9)18-3)14(16)11-5-6-17-8-11/h7,11,14,17H,5-6,8,16H2,1-4H3. The molecule has 1 aliphatic rings. The third kappa shape index (κ3) is 2.55. The van der Waals surface area contributed by atoms with Crippen LogP contribution in [0.1, 0.15) is 29.2 Å². The van der Waals surface area contributed by atoms with Crippen molar-refractivity contribution in [1.82, 2.24) is 5.32 Å². The minimum atomic E-state index is -0.0156. The molecule has 1 aromatic carbocycles. The average Bonchev–Trinajstić information content (AvgIpc) is 2.94. The number of ether oxygens (including phenoxy) is 2. The van der Waals surface area contributed by atoms with Crippen molar-refractivity contribution in [2.45, 2.75) is 26.3 Å². The van der Waals surface area contributed by atoms with Crippen LogP contribution in [-0.4, -0.2) is 27.3 Å². The number of hydrogen-bond acceptors (Lipinski definition) is 4. The van der Waals surface area contributed by atoms with E-state index in [9.17, 15) is 0 Å². The van der Waals surface area contributed by atoms with E-state index in [1.807, 2.05) is 13.0 Å². The second-order valence-electron chi connectivity index (χ2n) is 5.23. The second kappa shape index (κ2) is 5.80. The summed E-state index contributed by atoms with van der Waals surface area (Å²) in [4.78, 5) is 0. The molecule has 1 aliphatic heterocycles. The fraction of sp³-hybridized carbons (Fsp3) is 0.600. The number of hydrogen-bond donors (Lipinski definition) is 2. The normalized spacial score (nSPS) is 20.4. The predicted molar refractivity (Wildman–Crippen MR) is 76.9 cm³/mol. The van der Waals surface area contributed by atoms with E-state index in [4.69, 9.17) is 15.2 Å². The quantitative estimate of drug-likeness (QED) is 0.872. The maximum absolute atomic E-state index is 6.44. The highest BCUT2D eigenvalue weighted by Crippen LogP contribution is 2.39. The van der Waals surface area contributed by atoms with Crippen molar-refractivity contribution in [1.29, 1.82) is 0 Å². The van der Waals surface area contributed by atoms with Crippen LogP contribution in [0.25, 0.3) is 0 Å². The van der Waals surface area contributed by atoms with Crippen molar-refractivity contribution >= 4 is 0 Å². The number of rotatable bonds is 4. The average molecular weight is 264 g/mol. The Kier molecular flexibility index (Phi) is 4.32. The van der Waals surface area contributed by atoms with E-state index in [1.54, 1.807) is 14.2 Å². The van der Waals surface area contributed by atoms with Crippen LogP contribution >= 0.6 is 0 Å². The first-order chi connectivity index (χ1) is 9.10. The summed E-state index contributed by atoms with van der Waals surface area (Å²) in [6.45, 7) is 6.12. The molecule has 0 spiro atoms. The van der Waals surface area contributed by atoms with Gasteiger partial charge in [0.15, 0.2) is 0 Å². The Labute approximate surface area is 115 Å². The van der Waals surface area contributed by atoms with Crippen molar-refractivity contribution in [3.8, 4) is 11.5 Å². The molecular weight excluding hydrogens is 240 g/mol. The lowest BCUT2D eigenvalue weighted by Gasteiger charge is -2.24. The highest BCUT2D eigenvalue weighted by molar-refractivity contribution is 5.53. The van der Waals surface area contributed by atoms with E-state index in [-0.39, 0.29) is 6.04 Å². The lowest BCUT2D eigenvalue weighted by Crippen LogP contribution is -2.24. The van der Waals surface area contributed by atoms with Crippen LogP contribution in [0.3, 0.4) is 0 Å². The molecule has 4 heteroatoms. The molecule has 2 unspecified atom stereocenters. The highest BCUT2D eigenvalue weighted by Gasteiger charge is 2.27. The van der Waals surface area contributed by atoms with Crippen LogP contribution in [0.2, 0.25) is 0 Å². The van der Waals surface area contributed by atoms with Gasteiger partial charge < -0.3 is 20.5 Å². The van der Waals surface area contributed by atoms with E-state index in [0.29, 0.717) is 5.92 Å². The minimum absolute atomic E-state index is 0.0156. The van der Waals surface area contributed by atoms with Crippen molar-refractivity contribution in [3.63, 3.8) is 0 Å². The van der Waals surface area contributed by atoms with Gasteiger partial charge in [0.1, 0.15) is 11.5 Å². The molecule has 106 valence electrons. The van der Waals surface area contributed by atoms with Gasteiger partial charge in [-0.2, -0.15) is 0 Å². The fourth-order valence-corrected chi connectivity index (χ4v) is 2.85. The molecule has 4 nitrogen and oxygen atoms in total. The summed E-state index contributed by atoms with van der Waals surface area (Å²) in [7, 11) is 3.40. The van der Waals surface area contributed by atoms with E-state index in [0.717, 1.165) is 47.7 Å². The zero-order valence-electron chi connectivity index (χ0n) is 12.2. The van der Waals surface area contributed by atoms with Gasteiger partial charge in [0.25, 0.3) is 0 Å². The van der Waals surface area contributed by atoms with Crippen molar-refractivity contribution in [2.75, 3.05) is 27.3 Å². The van der Waals surface area contributed by atoms with Gasteiger partial charge >= 0.3 is 0 Å². The van der Waals surface area contributed by atoms with Gasteiger partial charge in [-0.25, -0.2) is 0 Å². The van der Waals surface area contributed by atoms with E-state index in [2.05, 4.69) is 12.2 Å². The molecule has 2 rings (SSSR count). The molecular formula is C15H24N2O2. The van der Waals surface area contributed by atoms with Gasteiger partial charge in [-0.3, -0.25) is 0 Å². The number of benzene rings is 1. The van der Waals surface area contributed by atoms with Crippen molar-refractivity contribution in [2.24, 2.45) is 11.7 Å². The minimum Gasteiger partial charge on any atom is -0.496 e. The molecule has 1 aromatic rings. The lowest BCUT2D eigenvalue weighted by molar-refractivity contribution is 0.378. The van der Waals surface area contributed by atoms with Gasteiger partial charge in [-0.15, -0.1) is 0 Å². The molecule has 0 aliphatic carbocycles. The molecule has 1 fully saturated rings. The van der Waals surface area contributed by atoms with E-state index in [1.165, 1.54) is 0 Å². The summed E-state index contributed by atoms with van der Waals surface area (Å²) >= 11 is 0. The summed E-state index contributed by atoms with van der Waals surface area (Å²) in [5, 5.41) is 3.36. The fourth-order valence-electron chi connectivity index (χ4n) is 2.85. The Morgan fingerprint density at radius 2 is 2.00 bits per heavy atom. The smallest absolute Gasteiger partial charge is 0.127 e. The first kappa shape index (κ1) is 14.2. The summed E-state index contributed by atoms with van der Waals surface area (Å²) in [5.41, 5.74) is 9.72. The summed E-state index contributed by atoms with van der Waals surface area (Å²) < 4.78 is 11.0. The van der Waals surface area contributed by atoms with Gasteiger partial charge in [-0.05, 0) is 56.5 Å². The summed E-state index contributed by atoms with van der Waals surface area (Å²) in [6, 6.07) is 2.02. The molecule has 19 heavy (non-hydrogen) atoms. The van der Waals surface area contributed by atoms with Gasteiger partial charge in [0, 0.05) is 11.6 Å². The third-order valence-electron chi connectivity index (χ3n) is 4.21. The molecule has 0 saturated carbocycles. The molecule has 1 saturated heterocycles. The molecule has 0 amide bonds. The third-order valence-corrected chi connectivity index (χ3v) is 4.21. The Morgan fingerprint density at radius 3 is 2.53 bits per heavy atom. The second-order valence-corrected chi connectivity index (χ2v) is 5.23. The summed E-state index contributed by atoms with van der Waals surface area (Å²) in [5.74, 6) is 2.24. The number of nitrogens with two attached hydrogens (primary N) is 1. The van der Waals surface area contributed by atoms with Gasteiger partial charge in [0.2, 0.25) is 0 Å². The number of nitrogens with one attached hydrogen (secondary N) is 1. The maximum atomic E-state index is 6.44. The van der Waals surface area contributed by atoms with Crippen LogP contribution in [0.15, 0.2) is 6.07 Å². The Balaban J connectivity index is 2.45. The number of methoxy groups -OCH3 is 2. The highest BCUT2D eigenvalue weighted by atomic mass is 16.5. The van der Waals surface area contributed by atoms with Crippen molar-refractivity contribution < 1.29 is 9.47 Å². The van der Waals surface area contributed by atoms with Crippen molar-refractivity contribution in [3.05, 3.63) is 22.8 Å². The predicted octanol–water partition coefficient (Wildman–Crippen LogP) is 1.93. The Morgan fingerprint density at radius 1 is 1.26 bits per heavy atom. The van der Waals surface area contributed by atoms with Crippen LogP contribution in [0, 0.1) is 19.8 Å². The monoisotopic (exact) mass is 264 g/mol. The zero-order chi connectivity index (χ0) is 14.0. The Hall–Kier alpha value is -1.26. The first-order valence-corrected chi connectivity index (χ1v) is 6.78. The molecule has 0 bridgehead atoms. The molecule has 0 radical (unpaired) electrons. The van der Waals surface area contributed by atoms with Crippen LogP contribution in [0.5, 0.6) is 11.5 Å². The molecule has 0 aromatic heterocycles. The van der Waals surface area contributed by atoms with Crippen LogP contribution in [0.4, 0.5) is 0 Å².